The number of benzene rings is 1. The Kier molecular flexibility index (Phi) is 5.03. The molecule has 0 atom stereocenters. The second kappa shape index (κ2) is 6.10. The van der Waals surface area contributed by atoms with Crippen LogP contribution < -0.4 is 5.32 Å². The summed E-state index contributed by atoms with van der Waals surface area (Å²) in [5, 5.41) is 12.6. The van der Waals surface area contributed by atoms with Gasteiger partial charge in [-0.1, -0.05) is 32.4 Å². The number of amides is 1. The highest BCUT2D eigenvalue weighted by molar-refractivity contribution is 6.32. The summed E-state index contributed by atoms with van der Waals surface area (Å²) in [6.07, 6.45) is 2.66. The van der Waals surface area contributed by atoms with E-state index in [1.54, 1.807) is 6.07 Å². The van der Waals surface area contributed by atoms with E-state index in [9.17, 15) is 9.90 Å². The van der Waals surface area contributed by atoms with Crippen LogP contribution >= 0.6 is 11.6 Å². The Morgan fingerprint density at radius 2 is 1.83 bits per heavy atom. The quantitative estimate of drug-likeness (QED) is 0.855. The average molecular weight is 270 g/mol. The standard InChI is InChI=1S/C14H20ClNO2/c1-4-14(5-2,6-3)16-13(18)10-7-8-12(17)11(15)9-10/h7-9,17H,4-6H2,1-3H3,(H,16,18). The third kappa shape index (κ3) is 3.16. The van der Waals surface area contributed by atoms with E-state index in [-0.39, 0.29) is 22.2 Å². The summed E-state index contributed by atoms with van der Waals surface area (Å²) < 4.78 is 0. The van der Waals surface area contributed by atoms with Crippen molar-refractivity contribution < 1.29 is 9.90 Å². The molecule has 0 aromatic heterocycles. The average Bonchev–Trinajstić information content (AvgIpc) is 2.39. The SMILES string of the molecule is CCC(CC)(CC)NC(=O)c1ccc(O)c(Cl)c1. The first-order valence-electron chi connectivity index (χ1n) is 6.29. The number of hydrogen-bond donors (Lipinski definition) is 2. The molecule has 0 saturated carbocycles. The van der Waals surface area contributed by atoms with Crippen LogP contribution in [0.25, 0.3) is 0 Å². The van der Waals surface area contributed by atoms with Gasteiger partial charge in [-0.05, 0) is 37.5 Å². The minimum Gasteiger partial charge on any atom is -0.506 e. The van der Waals surface area contributed by atoms with Gasteiger partial charge < -0.3 is 10.4 Å². The van der Waals surface area contributed by atoms with Gasteiger partial charge in [-0.2, -0.15) is 0 Å². The van der Waals surface area contributed by atoms with E-state index in [4.69, 9.17) is 11.6 Å². The second-order valence-electron chi connectivity index (χ2n) is 4.46. The van der Waals surface area contributed by atoms with Gasteiger partial charge in [0.1, 0.15) is 5.75 Å². The van der Waals surface area contributed by atoms with Gasteiger partial charge >= 0.3 is 0 Å². The van der Waals surface area contributed by atoms with E-state index in [1.165, 1.54) is 12.1 Å². The molecule has 1 amide bonds. The predicted octanol–water partition coefficient (Wildman–Crippen LogP) is 3.74. The van der Waals surface area contributed by atoms with Crippen molar-refractivity contribution in [3.8, 4) is 5.75 Å². The monoisotopic (exact) mass is 269 g/mol. The lowest BCUT2D eigenvalue weighted by Gasteiger charge is -2.31. The van der Waals surface area contributed by atoms with Crippen LogP contribution in [0, 0.1) is 0 Å². The largest absolute Gasteiger partial charge is 0.506 e. The zero-order chi connectivity index (χ0) is 13.8. The number of phenolic OH excluding ortho intramolecular Hbond substituents is 1. The molecule has 0 spiro atoms. The number of hydrogen-bond acceptors (Lipinski definition) is 2. The Morgan fingerprint density at radius 1 is 1.28 bits per heavy atom. The molecule has 0 bridgehead atoms. The second-order valence-corrected chi connectivity index (χ2v) is 4.87. The Morgan fingerprint density at radius 3 is 2.28 bits per heavy atom. The van der Waals surface area contributed by atoms with Crippen LogP contribution in [-0.4, -0.2) is 16.6 Å². The van der Waals surface area contributed by atoms with Crippen LogP contribution in [0.3, 0.4) is 0 Å². The molecule has 0 aliphatic rings. The summed E-state index contributed by atoms with van der Waals surface area (Å²) in [6, 6.07) is 4.49. The van der Waals surface area contributed by atoms with E-state index in [0.29, 0.717) is 5.56 Å². The normalized spacial score (nSPS) is 11.3. The molecular formula is C14H20ClNO2. The van der Waals surface area contributed by atoms with Crippen molar-refractivity contribution in [2.45, 2.75) is 45.6 Å². The topological polar surface area (TPSA) is 49.3 Å². The molecule has 0 saturated heterocycles. The number of nitrogens with one attached hydrogen (secondary N) is 1. The molecule has 0 fully saturated rings. The Bertz CT molecular complexity index is 420. The molecule has 0 heterocycles. The Labute approximate surface area is 113 Å². The molecule has 3 nitrogen and oxygen atoms in total. The highest BCUT2D eigenvalue weighted by atomic mass is 35.5. The third-order valence-electron chi connectivity index (χ3n) is 3.62. The highest BCUT2D eigenvalue weighted by Crippen LogP contribution is 2.25. The summed E-state index contributed by atoms with van der Waals surface area (Å²) in [5.41, 5.74) is 0.305. The van der Waals surface area contributed by atoms with Crippen LogP contribution in [0.2, 0.25) is 5.02 Å². The molecule has 2 N–H and O–H groups in total. The predicted molar refractivity (Wildman–Crippen MR) is 74.2 cm³/mol. The van der Waals surface area contributed by atoms with Crippen LogP contribution in [0.5, 0.6) is 5.75 Å². The molecule has 1 aromatic rings. The maximum absolute atomic E-state index is 12.1. The van der Waals surface area contributed by atoms with Crippen molar-refractivity contribution in [3.63, 3.8) is 0 Å². The summed E-state index contributed by atoms with van der Waals surface area (Å²) in [6.45, 7) is 6.20. The molecule has 1 rings (SSSR count). The van der Waals surface area contributed by atoms with Gasteiger partial charge in [0, 0.05) is 11.1 Å². The molecule has 0 aliphatic heterocycles. The van der Waals surface area contributed by atoms with Crippen LogP contribution in [0.15, 0.2) is 18.2 Å². The maximum atomic E-state index is 12.1. The van der Waals surface area contributed by atoms with Gasteiger partial charge in [0.05, 0.1) is 5.02 Å². The lowest BCUT2D eigenvalue weighted by atomic mass is 9.89. The lowest BCUT2D eigenvalue weighted by molar-refractivity contribution is 0.0888. The van der Waals surface area contributed by atoms with Crippen molar-refractivity contribution in [2.24, 2.45) is 0 Å². The number of halogens is 1. The minimum atomic E-state index is -0.165. The molecule has 0 radical (unpaired) electrons. The molecule has 0 unspecified atom stereocenters. The zero-order valence-electron chi connectivity index (χ0n) is 11.1. The fourth-order valence-corrected chi connectivity index (χ4v) is 2.16. The summed E-state index contributed by atoms with van der Waals surface area (Å²) in [5.74, 6) is -0.164. The fraction of sp³-hybridized carbons (Fsp3) is 0.500. The van der Waals surface area contributed by atoms with E-state index < -0.39 is 0 Å². The Balaban J connectivity index is 2.90. The maximum Gasteiger partial charge on any atom is 0.251 e. The smallest absolute Gasteiger partial charge is 0.251 e. The van der Waals surface area contributed by atoms with Gasteiger partial charge in [-0.3, -0.25) is 4.79 Å². The minimum absolute atomic E-state index is 0.0130. The molecule has 4 heteroatoms. The first kappa shape index (κ1) is 14.8. The molecule has 18 heavy (non-hydrogen) atoms. The van der Waals surface area contributed by atoms with Crippen LogP contribution in [0.1, 0.15) is 50.4 Å². The summed E-state index contributed by atoms with van der Waals surface area (Å²) >= 11 is 5.80. The van der Waals surface area contributed by atoms with Crippen LogP contribution in [0.4, 0.5) is 0 Å². The number of carbonyl (C=O) groups is 1. The van der Waals surface area contributed by atoms with Gasteiger partial charge in [0.25, 0.3) is 5.91 Å². The first-order valence-corrected chi connectivity index (χ1v) is 6.66. The molecule has 0 aliphatic carbocycles. The van der Waals surface area contributed by atoms with Crippen molar-refractivity contribution in [1.82, 2.24) is 5.32 Å². The Hall–Kier alpha value is -1.22. The highest BCUT2D eigenvalue weighted by Gasteiger charge is 2.26. The van der Waals surface area contributed by atoms with Gasteiger partial charge in [-0.25, -0.2) is 0 Å². The molecule has 1 aromatic carbocycles. The van der Waals surface area contributed by atoms with E-state index >= 15 is 0 Å². The number of carbonyl (C=O) groups excluding carboxylic acids is 1. The molecular weight excluding hydrogens is 250 g/mol. The van der Waals surface area contributed by atoms with Gasteiger partial charge in [0.2, 0.25) is 0 Å². The van der Waals surface area contributed by atoms with Gasteiger partial charge in [0.15, 0.2) is 0 Å². The summed E-state index contributed by atoms with van der Waals surface area (Å²) in [4.78, 5) is 12.1. The van der Waals surface area contributed by atoms with Crippen molar-refractivity contribution in [3.05, 3.63) is 28.8 Å². The van der Waals surface area contributed by atoms with E-state index in [0.717, 1.165) is 19.3 Å². The fourth-order valence-electron chi connectivity index (χ4n) is 1.98. The van der Waals surface area contributed by atoms with Crippen molar-refractivity contribution in [2.75, 3.05) is 0 Å². The first-order chi connectivity index (χ1) is 8.48. The third-order valence-corrected chi connectivity index (χ3v) is 3.92. The number of rotatable bonds is 5. The van der Waals surface area contributed by atoms with Crippen molar-refractivity contribution in [1.29, 1.82) is 0 Å². The number of phenols is 1. The zero-order valence-corrected chi connectivity index (χ0v) is 11.8. The summed E-state index contributed by atoms with van der Waals surface area (Å²) in [7, 11) is 0. The number of aromatic hydroxyl groups is 1. The van der Waals surface area contributed by atoms with Crippen LogP contribution in [-0.2, 0) is 0 Å². The van der Waals surface area contributed by atoms with Gasteiger partial charge in [-0.15, -0.1) is 0 Å². The van der Waals surface area contributed by atoms with E-state index in [2.05, 4.69) is 26.1 Å². The molecule has 100 valence electrons. The van der Waals surface area contributed by atoms with Crippen molar-refractivity contribution >= 4 is 17.5 Å². The lowest BCUT2D eigenvalue weighted by Crippen LogP contribution is -2.47. The van der Waals surface area contributed by atoms with E-state index in [1.807, 2.05) is 0 Å².